The molecule has 2 aromatic rings. The van der Waals surface area contributed by atoms with E-state index in [1.54, 1.807) is 30.9 Å². The Bertz CT molecular complexity index is 700. The molecule has 0 saturated heterocycles. The van der Waals surface area contributed by atoms with E-state index in [0.29, 0.717) is 18.2 Å². The topological polar surface area (TPSA) is 110 Å². The van der Waals surface area contributed by atoms with E-state index in [-0.39, 0.29) is 18.2 Å². The maximum atomic E-state index is 11.4. The van der Waals surface area contributed by atoms with Crippen LogP contribution in [0.3, 0.4) is 0 Å². The minimum Gasteiger partial charge on any atom is -0.468 e. The van der Waals surface area contributed by atoms with Crippen molar-refractivity contribution in [2.24, 2.45) is 0 Å². The van der Waals surface area contributed by atoms with Crippen LogP contribution in [0.15, 0.2) is 24.7 Å². The maximum Gasteiger partial charge on any atom is 0.260 e. The van der Waals surface area contributed by atoms with Gasteiger partial charge in [0, 0.05) is 26.4 Å². The molecule has 0 aliphatic heterocycles. The van der Waals surface area contributed by atoms with Crippen molar-refractivity contribution < 1.29 is 9.53 Å². The van der Waals surface area contributed by atoms with Gasteiger partial charge in [-0.1, -0.05) is 19.9 Å². The molecular weight excluding hydrogens is 308 g/mol. The highest BCUT2D eigenvalue weighted by molar-refractivity contribution is 5.77. The van der Waals surface area contributed by atoms with E-state index in [9.17, 15) is 4.79 Å². The Morgan fingerprint density at radius 2 is 2.08 bits per heavy atom. The minimum atomic E-state index is -0.138. The predicted octanol–water partition coefficient (Wildman–Crippen LogP) is 1.27. The summed E-state index contributed by atoms with van der Waals surface area (Å²) in [6.07, 6.45) is 3.13. The molecule has 128 valence electrons. The second-order valence-corrected chi connectivity index (χ2v) is 4.80. The monoisotopic (exact) mass is 330 g/mol. The number of amides is 1. The van der Waals surface area contributed by atoms with Gasteiger partial charge in [0.25, 0.3) is 5.91 Å². The van der Waals surface area contributed by atoms with Gasteiger partial charge in [-0.3, -0.25) is 4.79 Å². The Labute approximate surface area is 141 Å². The van der Waals surface area contributed by atoms with Crippen molar-refractivity contribution in [1.82, 2.24) is 19.4 Å². The second-order valence-electron chi connectivity index (χ2n) is 4.80. The lowest BCUT2D eigenvalue weighted by atomic mass is 10.3. The summed E-state index contributed by atoms with van der Waals surface area (Å²) >= 11 is 0. The van der Waals surface area contributed by atoms with Crippen LogP contribution in [-0.2, 0) is 11.3 Å². The van der Waals surface area contributed by atoms with Gasteiger partial charge in [0.15, 0.2) is 12.3 Å². The van der Waals surface area contributed by atoms with Crippen molar-refractivity contribution >= 4 is 11.7 Å². The average molecular weight is 330 g/mol. The molecule has 2 heterocycles. The number of nitriles is 1. The molecule has 1 amide bonds. The molecular formula is C16H22N6O2. The van der Waals surface area contributed by atoms with Crippen molar-refractivity contribution in [3.63, 3.8) is 0 Å². The van der Waals surface area contributed by atoms with Gasteiger partial charge in [-0.25, -0.2) is 9.97 Å². The molecule has 0 aliphatic carbocycles. The lowest BCUT2D eigenvalue weighted by Gasteiger charge is -2.11. The predicted molar refractivity (Wildman–Crippen MR) is 90.2 cm³/mol. The molecule has 0 radical (unpaired) electrons. The number of anilines is 1. The quantitative estimate of drug-likeness (QED) is 0.884. The van der Waals surface area contributed by atoms with Crippen LogP contribution in [0.4, 0.5) is 5.82 Å². The highest BCUT2D eigenvalue weighted by Crippen LogP contribution is 2.13. The van der Waals surface area contributed by atoms with Crippen LogP contribution >= 0.6 is 0 Å². The number of nitrogens with zero attached hydrogens (tertiary/aromatic N) is 5. The van der Waals surface area contributed by atoms with Crippen LogP contribution in [0, 0.1) is 11.3 Å². The number of hydrogen-bond acceptors (Lipinski definition) is 6. The molecule has 2 rings (SSSR count). The largest absolute Gasteiger partial charge is 0.468 e. The summed E-state index contributed by atoms with van der Waals surface area (Å²) in [5, 5.41) is 8.81. The third-order valence-electron chi connectivity index (χ3n) is 2.98. The zero-order valence-corrected chi connectivity index (χ0v) is 14.4. The third-order valence-corrected chi connectivity index (χ3v) is 2.98. The van der Waals surface area contributed by atoms with E-state index in [1.807, 2.05) is 26.0 Å². The van der Waals surface area contributed by atoms with Gasteiger partial charge in [-0.2, -0.15) is 5.26 Å². The zero-order chi connectivity index (χ0) is 18.1. The average Bonchev–Trinajstić information content (AvgIpc) is 2.95. The summed E-state index contributed by atoms with van der Waals surface area (Å²) in [5.41, 5.74) is 6.87. The van der Waals surface area contributed by atoms with Gasteiger partial charge < -0.3 is 19.9 Å². The summed E-state index contributed by atoms with van der Waals surface area (Å²) in [7, 11) is 3.32. The van der Waals surface area contributed by atoms with Crippen molar-refractivity contribution in [1.29, 1.82) is 5.26 Å². The SMILES string of the molecule is CC.CN(C)C(=O)COc1ccc(Cn2cnc(C#N)c2N)cn1. The Balaban J connectivity index is 0.00000139. The van der Waals surface area contributed by atoms with Crippen molar-refractivity contribution in [2.45, 2.75) is 20.4 Å². The van der Waals surface area contributed by atoms with Crippen LogP contribution in [-0.4, -0.2) is 46.0 Å². The van der Waals surface area contributed by atoms with E-state index >= 15 is 0 Å². The van der Waals surface area contributed by atoms with E-state index < -0.39 is 0 Å². The first-order valence-corrected chi connectivity index (χ1v) is 7.50. The van der Waals surface area contributed by atoms with Gasteiger partial charge >= 0.3 is 0 Å². The first-order valence-electron chi connectivity index (χ1n) is 7.50. The number of nitrogens with two attached hydrogens (primary N) is 1. The fraction of sp³-hybridized carbons (Fsp3) is 0.375. The number of carbonyl (C=O) groups excluding carboxylic acids is 1. The number of pyridine rings is 1. The van der Waals surface area contributed by atoms with Gasteiger partial charge in [-0.05, 0) is 5.56 Å². The summed E-state index contributed by atoms with van der Waals surface area (Å²) < 4.78 is 6.95. The van der Waals surface area contributed by atoms with Crippen LogP contribution in [0.1, 0.15) is 25.1 Å². The number of aromatic nitrogens is 3. The summed E-state index contributed by atoms with van der Waals surface area (Å²) in [6, 6.07) is 5.41. The van der Waals surface area contributed by atoms with Gasteiger partial charge in [0.2, 0.25) is 5.88 Å². The van der Waals surface area contributed by atoms with Gasteiger partial charge in [-0.15, -0.1) is 0 Å². The van der Waals surface area contributed by atoms with Gasteiger partial charge in [0.1, 0.15) is 11.9 Å². The van der Waals surface area contributed by atoms with E-state index in [1.165, 1.54) is 11.2 Å². The highest BCUT2D eigenvalue weighted by Gasteiger charge is 2.08. The third kappa shape index (κ3) is 4.98. The standard InChI is InChI=1S/C14H16N6O2.C2H6/c1-19(2)13(21)8-22-12-4-3-10(6-17-12)7-20-9-18-11(5-15)14(20)16;1-2/h3-4,6,9H,7-8,16H2,1-2H3;1-2H3. The molecule has 2 aromatic heterocycles. The van der Waals surface area contributed by atoms with E-state index in [2.05, 4.69) is 9.97 Å². The fourth-order valence-corrected chi connectivity index (χ4v) is 1.66. The number of nitrogen functional groups attached to an aromatic ring is 1. The smallest absolute Gasteiger partial charge is 0.260 e. The lowest BCUT2D eigenvalue weighted by Crippen LogP contribution is -2.27. The molecule has 0 fully saturated rings. The number of hydrogen-bond donors (Lipinski definition) is 1. The molecule has 8 heteroatoms. The van der Waals surface area contributed by atoms with Gasteiger partial charge in [0.05, 0.1) is 12.9 Å². The second kappa shape index (κ2) is 9.15. The number of ether oxygens (including phenoxy) is 1. The minimum absolute atomic E-state index is 0.0562. The number of carbonyl (C=O) groups is 1. The van der Waals surface area contributed by atoms with Crippen LogP contribution in [0.5, 0.6) is 5.88 Å². The van der Waals surface area contributed by atoms with Crippen molar-refractivity contribution in [2.75, 3.05) is 26.4 Å². The molecule has 0 spiro atoms. The summed E-state index contributed by atoms with van der Waals surface area (Å²) in [6.45, 7) is 4.39. The maximum absolute atomic E-state index is 11.4. The fourth-order valence-electron chi connectivity index (χ4n) is 1.66. The zero-order valence-electron chi connectivity index (χ0n) is 14.4. The summed E-state index contributed by atoms with van der Waals surface area (Å²) in [4.78, 5) is 20.9. The Kier molecular flexibility index (Phi) is 7.23. The highest BCUT2D eigenvalue weighted by atomic mass is 16.5. The van der Waals surface area contributed by atoms with Crippen LogP contribution in [0.2, 0.25) is 0 Å². The first-order chi connectivity index (χ1) is 11.5. The van der Waals surface area contributed by atoms with E-state index in [0.717, 1.165) is 5.56 Å². The Hall–Kier alpha value is -3.08. The molecule has 24 heavy (non-hydrogen) atoms. The van der Waals surface area contributed by atoms with Crippen LogP contribution in [0.25, 0.3) is 0 Å². The molecule has 0 aromatic carbocycles. The normalized spacial score (nSPS) is 9.46. The van der Waals surface area contributed by atoms with Crippen LogP contribution < -0.4 is 10.5 Å². The van der Waals surface area contributed by atoms with Crippen molar-refractivity contribution in [3.8, 4) is 11.9 Å². The first kappa shape index (κ1) is 19.0. The number of rotatable bonds is 5. The van der Waals surface area contributed by atoms with Crippen molar-refractivity contribution in [3.05, 3.63) is 35.9 Å². The number of likely N-dealkylation sites (N-methyl/N-ethyl adjacent to an activating group) is 1. The summed E-state index contributed by atoms with van der Waals surface area (Å²) in [5.74, 6) is 0.552. The molecule has 2 N–H and O–H groups in total. The lowest BCUT2D eigenvalue weighted by molar-refractivity contribution is -0.130. The Morgan fingerprint density at radius 3 is 2.58 bits per heavy atom. The van der Waals surface area contributed by atoms with E-state index in [4.69, 9.17) is 15.7 Å². The molecule has 0 unspecified atom stereocenters. The number of imidazole rings is 1. The molecule has 8 nitrogen and oxygen atoms in total. The molecule has 0 bridgehead atoms. The molecule has 0 atom stereocenters. The molecule has 0 aliphatic rings. The Morgan fingerprint density at radius 1 is 1.38 bits per heavy atom. The molecule has 0 saturated carbocycles.